The van der Waals surface area contributed by atoms with Crippen LogP contribution in [-0.4, -0.2) is 48.5 Å². The standard InChI is InChI=1S/C17H23N3O4/c1-11(2)18-15(21)10-14-16(22)20(17(23)19-14)9-8-12-4-6-13(24-3)7-5-12/h4-7,11,14H,8-10H2,1-3H3,(H,18,21)(H,19,23). The number of hydrogen-bond acceptors (Lipinski definition) is 4. The number of amides is 4. The molecule has 7 heteroatoms. The summed E-state index contributed by atoms with van der Waals surface area (Å²) in [4.78, 5) is 37.2. The van der Waals surface area contributed by atoms with Crippen molar-refractivity contribution in [2.24, 2.45) is 0 Å². The highest BCUT2D eigenvalue weighted by molar-refractivity contribution is 6.05. The van der Waals surface area contributed by atoms with Crippen molar-refractivity contribution in [3.63, 3.8) is 0 Å². The van der Waals surface area contributed by atoms with Crippen LogP contribution in [0.15, 0.2) is 24.3 Å². The van der Waals surface area contributed by atoms with E-state index in [1.54, 1.807) is 7.11 Å². The van der Waals surface area contributed by atoms with Gasteiger partial charge in [0.1, 0.15) is 11.8 Å². The number of ether oxygens (including phenoxy) is 1. The highest BCUT2D eigenvalue weighted by atomic mass is 16.5. The van der Waals surface area contributed by atoms with Crippen LogP contribution >= 0.6 is 0 Å². The summed E-state index contributed by atoms with van der Waals surface area (Å²) in [6.45, 7) is 3.96. The number of imide groups is 1. The number of hydrogen-bond donors (Lipinski definition) is 2. The minimum absolute atomic E-state index is 0.00381. The third-order valence-electron chi connectivity index (χ3n) is 3.73. The molecule has 2 N–H and O–H groups in total. The van der Waals surface area contributed by atoms with Crippen LogP contribution in [0.25, 0.3) is 0 Å². The Hall–Kier alpha value is -2.57. The van der Waals surface area contributed by atoms with E-state index in [0.29, 0.717) is 6.42 Å². The third kappa shape index (κ3) is 4.47. The minimum Gasteiger partial charge on any atom is -0.497 e. The normalized spacial score (nSPS) is 17.2. The minimum atomic E-state index is -0.785. The van der Waals surface area contributed by atoms with Gasteiger partial charge < -0.3 is 15.4 Å². The molecule has 0 aromatic heterocycles. The molecule has 1 aromatic rings. The van der Waals surface area contributed by atoms with Gasteiger partial charge in [-0.1, -0.05) is 12.1 Å². The summed E-state index contributed by atoms with van der Waals surface area (Å²) in [7, 11) is 1.60. The fraction of sp³-hybridized carbons (Fsp3) is 0.471. The third-order valence-corrected chi connectivity index (χ3v) is 3.73. The Labute approximate surface area is 141 Å². The average Bonchev–Trinajstić information content (AvgIpc) is 2.79. The topological polar surface area (TPSA) is 87.7 Å². The van der Waals surface area contributed by atoms with E-state index in [-0.39, 0.29) is 30.8 Å². The molecular weight excluding hydrogens is 310 g/mol. The SMILES string of the molecule is COc1ccc(CCN2C(=O)NC(CC(=O)NC(C)C)C2=O)cc1. The molecule has 1 saturated heterocycles. The summed E-state index contributed by atoms with van der Waals surface area (Å²) >= 11 is 0. The quantitative estimate of drug-likeness (QED) is 0.731. The van der Waals surface area contributed by atoms with Gasteiger partial charge in [0.15, 0.2) is 0 Å². The van der Waals surface area contributed by atoms with E-state index in [1.165, 1.54) is 0 Å². The maximum Gasteiger partial charge on any atom is 0.324 e. The van der Waals surface area contributed by atoms with Gasteiger partial charge in [0.2, 0.25) is 5.91 Å². The van der Waals surface area contributed by atoms with E-state index >= 15 is 0 Å². The van der Waals surface area contributed by atoms with Crippen molar-refractivity contribution in [2.75, 3.05) is 13.7 Å². The first kappa shape index (κ1) is 17.8. The maximum absolute atomic E-state index is 12.3. The predicted molar refractivity (Wildman–Crippen MR) is 88.6 cm³/mol. The predicted octanol–water partition coefficient (Wildman–Crippen LogP) is 1.07. The van der Waals surface area contributed by atoms with Crippen LogP contribution in [0.1, 0.15) is 25.8 Å². The van der Waals surface area contributed by atoms with Crippen LogP contribution in [-0.2, 0) is 16.0 Å². The second-order valence-corrected chi connectivity index (χ2v) is 6.02. The summed E-state index contributed by atoms with van der Waals surface area (Å²) in [5.74, 6) is 0.151. The number of rotatable bonds is 7. The highest BCUT2D eigenvalue weighted by Gasteiger charge is 2.38. The molecule has 1 heterocycles. The first-order valence-electron chi connectivity index (χ1n) is 7.95. The van der Waals surface area contributed by atoms with Gasteiger partial charge in [0.05, 0.1) is 13.5 Å². The van der Waals surface area contributed by atoms with Gasteiger partial charge in [0, 0.05) is 12.6 Å². The van der Waals surface area contributed by atoms with Gasteiger partial charge in [0.25, 0.3) is 5.91 Å². The Balaban J connectivity index is 1.90. The Morgan fingerprint density at radius 1 is 1.29 bits per heavy atom. The maximum atomic E-state index is 12.3. The lowest BCUT2D eigenvalue weighted by molar-refractivity contribution is -0.131. The molecule has 1 unspecified atom stereocenters. The molecule has 24 heavy (non-hydrogen) atoms. The number of nitrogens with zero attached hydrogens (tertiary/aromatic N) is 1. The number of carbonyl (C=O) groups is 3. The van der Waals surface area contributed by atoms with Crippen molar-refractivity contribution in [3.05, 3.63) is 29.8 Å². The summed E-state index contributed by atoms with van der Waals surface area (Å²) < 4.78 is 5.09. The lowest BCUT2D eigenvalue weighted by atomic mass is 10.1. The fourth-order valence-corrected chi connectivity index (χ4v) is 2.53. The molecule has 1 aliphatic rings. The molecule has 130 valence electrons. The zero-order valence-corrected chi connectivity index (χ0v) is 14.2. The van der Waals surface area contributed by atoms with Crippen molar-refractivity contribution in [1.29, 1.82) is 0 Å². The van der Waals surface area contributed by atoms with Gasteiger partial charge in [-0.15, -0.1) is 0 Å². The molecule has 1 fully saturated rings. The molecule has 0 aliphatic carbocycles. The van der Waals surface area contributed by atoms with E-state index in [2.05, 4.69) is 10.6 Å². The first-order valence-corrected chi connectivity index (χ1v) is 7.95. The Kier molecular flexibility index (Phi) is 5.78. The molecule has 1 aromatic carbocycles. The second-order valence-electron chi connectivity index (χ2n) is 6.02. The second kappa shape index (κ2) is 7.81. The highest BCUT2D eigenvalue weighted by Crippen LogP contribution is 2.14. The van der Waals surface area contributed by atoms with E-state index in [1.807, 2.05) is 38.1 Å². The van der Waals surface area contributed by atoms with Crippen LogP contribution in [0.5, 0.6) is 5.75 Å². The number of methoxy groups -OCH3 is 1. The molecule has 0 saturated carbocycles. The lowest BCUT2D eigenvalue weighted by Gasteiger charge is -2.13. The number of carbonyl (C=O) groups excluding carboxylic acids is 3. The van der Waals surface area contributed by atoms with Crippen molar-refractivity contribution < 1.29 is 19.1 Å². The molecule has 2 rings (SSSR count). The van der Waals surface area contributed by atoms with Crippen molar-refractivity contribution >= 4 is 17.8 Å². The molecule has 0 spiro atoms. The molecule has 0 bridgehead atoms. The van der Waals surface area contributed by atoms with Gasteiger partial charge in [-0.25, -0.2) is 4.79 Å². The van der Waals surface area contributed by atoms with Crippen LogP contribution in [0.2, 0.25) is 0 Å². The fourth-order valence-electron chi connectivity index (χ4n) is 2.53. The van der Waals surface area contributed by atoms with Crippen LogP contribution < -0.4 is 15.4 Å². The Morgan fingerprint density at radius 3 is 2.54 bits per heavy atom. The van der Waals surface area contributed by atoms with Gasteiger partial charge >= 0.3 is 6.03 Å². The van der Waals surface area contributed by atoms with Gasteiger partial charge in [-0.2, -0.15) is 0 Å². The monoisotopic (exact) mass is 333 g/mol. The summed E-state index contributed by atoms with van der Waals surface area (Å²) in [5.41, 5.74) is 0.998. The zero-order chi connectivity index (χ0) is 17.7. The molecule has 1 atom stereocenters. The van der Waals surface area contributed by atoms with Gasteiger partial charge in [-0.05, 0) is 38.0 Å². The molecule has 4 amide bonds. The summed E-state index contributed by atoms with van der Waals surface area (Å²) in [6.07, 6.45) is 0.510. The Bertz CT molecular complexity index is 613. The number of nitrogens with one attached hydrogen (secondary N) is 2. The molecular formula is C17H23N3O4. The van der Waals surface area contributed by atoms with Crippen molar-refractivity contribution in [2.45, 2.75) is 38.8 Å². The van der Waals surface area contributed by atoms with E-state index in [9.17, 15) is 14.4 Å². The average molecular weight is 333 g/mol. The Morgan fingerprint density at radius 2 is 1.96 bits per heavy atom. The van der Waals surface area contributed by atoms with E-state index < -0.39 is 12.1 Å². The largest absolute Gasteiger partial charge is 0.497 e. The smallest absolute Gasteiger partial charge is 0.324 e. The summed E-state index contributed by atoms with van der Waals surface area (Å²) in [5, 5.41) is 5.28. The van der Waals surface area contributed by atoms with Crippen LogP contribution in [0.3, 0.4) is 0 Å². The van der Waals surface area contributed by atoms with Crippen molar-refractivity contribution in [1.82, 2.24) is 15.5 Å². The zero-order valence-electron chi connectivity index (χ0n) is 14.2. The first-order chi connectivity index (χ1) is 11.4. The molecule has 0 radical (unpaired) electrons. The number of benzene rings is 1. The number of urea groups is 1. The van der Waals surface area contributed by atoms with Crippen LogP contribution in [0.4, 0.5) is 4.79 Å². The molecule has 1 aliphatic heterocycles. The van der Waals surface area contributed by atoms with E-state index in [0.717, 1.165) is 16.2 Å². The summed E-state index contributed by atoms with van der Waals surface area (Å²) in [6, 6.07) is 6.22. The lowest BCUT2D eigenvalue weighted by Crippen LogP contribution is -2.38. The molecule has 7 nitrogen and oxygen atoms in total. The van der Waals surface area contributed by atoms with Gasteiger partial charge in [-0.3, -0.25) is 14.5 Å². The van der Waals surface area contributed by atoms with Crippen molar-refractivity contribution in [3.8, 4) is 5.75 Å². The van der Waals surface area contributed by atoms with E-state index in [4.69, 9.17) is 4.74 Å². The van der Waals surface area contributed by atoms with Crippen LogP contribution in [0, 0.1) is 0 Å².